The molecule has 1 amide bonds. The zero-order valence-electron chi connectivity index (χ0n) is 8.46. The molecule has 1 fully saturated rings. The number of nitrogens with one attached hydrogen (secondary N) is 2. The van der Waals surface area contributed by atoms with Crippen molar-refractivity contribution in [1.82, 2.24) is 10.3 Å². The summed E-state index contributed by atoms with van der Waals surface area (Å²) in [4.78, 5) is 15.7. The lowest BCUT2D eigenvalue weighted by atomic mass is 10.2. The van der Waals surface area contributed by atoms with Crippen molar-refractivity contribution in [3.05, 3.63) is 21.9 Å². The van der Waals surface area contributed by atoms with Crippen molar-refractivity contribution in [3.63, 3.8) is 0 Å². The molecule has 2 N–H and O–H groups in total. The van der Waals surface area contributed by atoms with Gasteiger partial charge in [-0.1, -0.05) is 11.6 Å². The Labute approximate surface area is 107 Å². The van der Waals surface area contributed by atoms with Gasteiger partial charge in [0.2, 0.25) is 5.91 Å². The van der Waals surface area contributed by atoms with Crippen LogP contribution in [-0.2, 0) is 4.79 Å². The van der Waals surface area contributed by atoms with E-state index in [0.717, 1.165) is 19.4 Å². The van der Waals surface area contributed by atoms with Crippen molar-refractivity contribution in [2.75, 3.05) is 11.9 Å². The fraction of sp³-hybridized carbons (Fsp3) is 0.400. The Hall–Kier alpha value is -0.650. The van der Waals surface area contributed by atoms with E-state index in [0.29, 0.717) is 15.3 Å². The van der Waals surface area contributed by atoms with Crippen LogP contribution in [0.3, 0.4) is 0 Å². The molecule has 2 heterocycles. The Morgan fingerprint density at radius 3 is 3.12 bits per heavy atom. The number of aromatic nitrogens is 1. The molecule has 0 bridgehead atoms. The lowest BCUT2D eigenvalue weighted by Gasteiger charge is -2.11. The number of carbonyl (C=O) groups is 1. The second-order valence-corrected chi connectivity index (χ2v) is 4.85. The number of hydrogen-bond acceptors (Lipinski definition) is 3. The van der Waals surface area contributed by atoms with Crippen LogP contribution in [0.4, 0.5) is 5.69 Å². The van der Waals surface area contributed by atoms with Crippen molar-refractivity contribution in [2.24, 2.45) is 0 Å². The van der Waals surface area contributed by atoms with E-state index >= 15 is 0 Å². The smallest absolute Gasteiger partial charge is 0.241 e. The van der Waals surface area contributed by atoms with Crippen molar-refractivity contribution in [1.29, 1.82) is 0 Å². The van der Waals surface area contributed by atoms with Crippen LogP contribution in [-0.4, -0.2) is 23.5 Å². The predicted octanol–water partition coefficient (Wildman–Crippen LogP) is 2.19. The zero-order chi connectivity index (χ0) is 11.5. The van der Waals surface area contributed by atoms with Crippen LogP contribution in [0.5, 0.6) is 0 Å². The van der Waals surface area contributed by atoms with Gasteiger partial charge in [0.15, 0.2) is 0 Å². The number of halogens is 2. The van der Waals surface area contributed by atoms with E-state index in [1.807, 2.05) is 0 Å². The summed E-state index contributed by atoms with van der Waals surface area (Å²) in [5, 5.41) is 6.32. The van der Waals surface area contributed by atoms with Crippen LogP contribution in [0.25, 0.3) is 0 Å². The maximum atomic E-state index is 11.8. The average Bonchev–Trinajstić information content (AvgIpc) is 2.77. The number of rotatable bonds is 2. The van der Waals surface area contributed by atoms with Crippen molar-refractivity contribution in [2.45, 2.75) is 18.9 Å². The Kier molecular flexibility index (Phi) is 3.78. The molecule has 16 heavy (non-hydrogen) atoms. The van der Waals surface area contributed by atoms with Gasteiger partial charge in [0, 0.05) is 0 Å². The molecule has 0 saturated carbocycles. The van der Waals surface area contributed by atoms with Crippen LogP contribution in [0.15, 0.2) is 16.7 Å². The number of hydrogen-bond donors (Lipinski definition) is 2. The maximum absolute atomic E-state index is 11.8. The van der Waals surface area contributed by atoms with Gasteiger partial charge < -0.3 is 10.6 Å². The molecule has 2 rings (SSSR count). The molecule has 1 aliphatic rings. The molecule has 1 aliphatic heterocycles. The Morgan fingerprint density at radius 1 is 1.69 bits per heavy atom. The highest BCUT2D eigenvalue weighted by Crippen LogP contribution is 2.23. The normalized spacial score (nSPS) is 19.8. The largest absolute Gasteiger partial charge is 0.323 e. The molecular weight excluding hydrogens is 293 g/mol. The number of nitrogens with zero attached hydrogens (tertiary/aromatic N) is 1. The quantitative estimate of drug-likeness (QED) is 0.824. The summed E-state index contributed by atoms with van der Waals surface area (Å²) in [6.07, 6.45) is 3.47. The van der Waals surface area contributed by atoms with Gasteiger partial charge in [-0.15, -0.1) is 0 Å². The van der Waals surface area contributed by atoms with Crippen LogP contribution in [0.2, 0.25) is 5.15 Å². The molecule has 86 valence electrons. The minimum absolute atomic E-state index is 0.0199. The highest BCUT2D eigenvalue weighted by molar-refractivity contribution is 9.10. The lowest BCUT2D eigenvalue weighted by Crippen LogP contribution is -2.35. The third kappa shape index (κ3) is 2.72. The topological polar surface area (TPSA) is 54.0 Å². The van der Waals surface area contributed by atoms with E-state index in [1.165, 1.54) is 0 Å². The summed E-state index contributed by atoms with van der Waals surface area (Å²) in [6.45, 7) is 0.903. The molecule has 1 saturated heterocycles. The molecule has 0 aliphatic carbocycles. The molecule has 0 spiro atoms. The molecule has 1 aromatic heterocycles. The molecule has 1 aromatic rings. The first-order chi connectivity index (χ1) is 7.66. The van der Waals surface area contributed by atoms with E-state index in [9.17, 15) is 4.79 Å². The molecule has 0 unspecified atom stereocenters. The first-order valence-corrected chi connectivity index (χ1v) is 6.19. The molecule has 1 atom stereocenters. The fourth-order valence-electron chi connectivity index (χ4n) is 1.63. The number of carbonyl (C=O) groups excluding carboxylic acids is 1. The Balaban J connectivity index is 2.02. The van der Waals surface area contributed by atoms with Gasteiger partial charge >= 0.3 is 0 Å². The van der Waals surface area contributed by atoms with Crippen LogP contribution in [0, 0.1) is 0 Å². The summed E-state index contributed by atoms with van der Waals surface area (Å²) in [7, 11) is 0. The maximum Gasteiger partial charge on any atom is 0.241 e. The zero-order valence-corrected chi connectivity index (χ0v) is 10.8. The van der Waals surface area contributed by atoms with Crippen molar-refractivity contribution >= 4 is 39.1 Å². The van der Waals surface area contributed by atoms with Crippen LogP contribution >= 0.6 is 27.5 Å². The first-order valence-electron chi connectivity index (χ1n) is 5.02. The van der Waals surface area contributed by atoms with Gasteiger partial charge in [0.25, 0.3) is 0 Å². The Morgan fingerprint density at radius 2 is 2.50 bits per heavy atom. The molecule has 0 aromatic carbocycles. The third-order valence-electron chi connectivity index (χ3n) is 2.44. The molecule has 4 nitrogen and oxygen atoms in total. The summed E-state index contributed by atoms with van der Waals surface area (Å²) in [5.74, 6) is -0.0199. The highest BCUT2D eigenvalue weighted by Gasteiger charge is 2.21. The van der Waals surface area contributed by atoms with Crippen LogP contribution in [0.1, 0.15) is 12.8 Å². The second-order valence-electron chi connectivity index (χ2n) is 3.63. The SMILES string of the molecule is O=C(Nc1cnc(Cl)c(Br)c1)[C@H]1CCCN1. The second kappa shape index (κ2) is 5.12. The van der Waals surface area contributed by atoms with Crippen LogP contribution < -0.4 is 10.6 Å². The van der Waals surface area contributed by atoms with Gasteiger partial charge in [-0.3, -0.25) is 4.79 Å². The fourth-order valence-corrected chi connectivity index (χ4v) is 2.08. The average molecular weight is 305 g/mol. The highest BCUT2D eigenvalue weighted by atomic mass is 79.9. The number of pyridine rings is 1. The van der Waals surface area contributed by atoms with Crippen molar-refractivity contribution < 1.29 is 4.79 Å². The molecular formula is C10H11BrClN3O. The minimum Gasteiger partial charge on any atom is -0.323 e. The monoisotopic (exact) mass is 303 g/mol. The van der Waals surface area contributed by atoms with Gasteiger partial charge in [0.05, 0.1) is 22.4 Å². The van der Waals surface area contributed by atoms with Crippen molar-refractivity contribution in [3.8, 4) is 0 Å². The first kappa shape index (κ1) is 11.8. The Bertz CT molecular complexity index is 407. The van der Waals surface area contributed by atoms with E-state index in [-0.39, 0.29) is 11.9 Å². The standard InChI is InChI=1S/C10H11BrClN3O/c11-7-4-6(5-14-9(7)12)15-10(16)8-2-1-3-13-8/h4-5,8,13H,1-3H2,(H,15,16)/t8-/m1/s1. The van der Waals surface area contributed by atoms with Gasteiger partial charge in [-0.25, -0.2) is 4.98 Å². The van der Waals surface area contributed by atoms with Gasteiger partial charge in [-0.2, -0.15) is 0 Å². The minimum atomic E-state index is -0.0885. The van der Waals surface area contributed by atoms with E-state index in [2.05, 4.69) is 31.5 Å². The van der Waals surface area contributed by atoms with E-state index in [4.69, 9.17) is 11.6 Å². The summed E-state index contributed by atoms with van der Waals surface area (Å²) < 4.78 is 0.673. The predicted molar refractivity (Wildman–Crippen MR) is 66.6 cm³/mol. The van der Waals surface area contributed by atoms with E-state index < -0.39 is 0 Å². The summed E-state index contributed by atoms with van der Waals surface area (Å²) in [5.41, 5.74) is 0.648. The summed E-state index contributed by atoms with van der Waals surface area (Å²) in [6, 6.07) is 1.65. The van der Waals surface area contributed by atoms with E-state index in [1.54, 1.807) is 12.3 Å². The molecule has 6 heteroatoms. The van der Waals surface area contributed by atoms with Gasteiger partial charge in [0.1, 0.15) is 5.15 Å². The lowest BCUT2D eigenvalue weighted by molar-refractivity contribution is -0.117. The van der Waals surface area contributed by atoms with Gasteiger partial charge in [-0.05, 0) is 41.4 Å². The third-order valence-corrected chi connectivity index (χ3v) is 3.57. The molecule has 0 radical (unpaired) electrons. The number of anilines is 1. The summed E-state index contributed by atoms with van der Waals surface area (Å²) >= 11 is 9.02. The number of amides is 1.